The average molecular weight is 322 g/mol. The topological polar surface area (TPSA) is 53.4 Å². The van der Waals surface area contributed by atoms with Gasteiger partial charge in [-0.3, -0.25) is 4.79 Å². The van der Waals surface area contributed by atoms with Gasteiger partial charge in [-0.25, -0.2) is 0 Å². The van der Waals surface area contributed by atoms with E-state index in [2.05, 4.69) is 5.10 Å². The van der Waals surface area contributed by atoms with Crippen LogP contribution in [-0.4, -0.2) is 23.0 Å². The molecule has 0 aliphatic heterocycles. The summed E-state index contributed by atoms with van der Waals surface area (Å²) in [5.74, 6) is 1.18. The fraction of sp³-hybridized carbons (Fsp3) is 0.158. The molecule has 5 heteroatoms. The van der Waals surface area contributed by atoms with E-state index in [1.807, 2.05) is 61.5 Å². The van der Waals surface area contributed by atoms with E-state index >= 15 is 0 Å². The lowest BCUT2D eigenvalue weighted by Gasteiger charge is -2.09. The highest BCUT2D eigenvalue weighted by molar-refractivity contribution is 5.30. The van der Waals surface area contributed by atoms with Gasteiger partial charge in [0.05, 0.1) is 5.69 Å². The zero-order valence-electron chi connectivity index (χ0n) is 13.4. The van der Waals surface area contributed by atoms with E-state index in [-0.39, 0.29) is 5.56 Å². The van der Waals surface area contributed by atoms with Gasteiger partial charge in [0.25, 0.3) is 5.56 Å². The molecule has 0 saturated heterocycles. The molecule has 3 rings (SSSR count). The second-order valence-electron chi connectivity index (χ2n) is 5.27. The first kappa shape index (κ1) is 15.8. The molecule has 1 aromatic heterocycles. The summed E-state index contributed by atoms with van der Waals surface area (Å²) in [5.41, 5.74) is 1.68. The first-order valence-corrected chi connectivity index (χ1v) is 7.70. The molecule has 0 spiro atoms. The molecular formula is C19H18N2O3. The third kappa shape index (κ3) is 4.01. The molecule has 0 atom stereocenters. The number of hydrogen-bond acceptors (Lipinski definition) is 4. The van der Waals surface area contributed by atoms with Gasteiger partial charge in [-0.15, -0.1) is 5.10 Å². The highest BCUT2D eigenvalue weighted by Gasteiger charge is 2.04. The summed E-state index contributed by atoms with van der Waals surface area (Å²) >= 11 is 0. The van der Waals surface area contributed by atoms with Crippen LogP contribution in [0, 0.1) is 6.92 Å². The van der Waals surface area contributed by atoms with Gasteiger partial charge >= 0.3 is 0 Å². The van der Waals surface area contributed by atoms with Crippen molar-refractivity contribution in [2.75, 3.05) is 13.2 Å². The standard InChI is InChI=1S/C19H18N2O3/c1-15-7-9-17(10-8-15)23-13-14-24-18-11-12-19(22)21(20-18)16-5-3-2-4-6-16/h2-12H,13-14H2,1H3. The Morgan fingerprint density at radius 3 is 2.33 bits per heavy atom. The summed E-state index contributed by atoms with van der Waals surface area (Å²) < 4.78 is 12.5. The van der Waals surface area contributed by atoms with Gasteiger partial charge in [0.15, 0.2) is 0 Å². The highest BCUT2D eigenvalue weighted by atomic mass is 16.5. The zero-order valence-corrected chi connectivity index (χ0v) is 13.4. The predicted octanol–water partition coefficient (Wildman–Crippen LogP) is 3.00. The lowest BCUT2D eigenvalue weighted by molar-refractivity contribution is 0.209. The van der Waals surface area contributed by atoms with Crippen LogP contribution in [0.1, 0.15) is 5.56 Å². The fourth-order valence-corrected chi connectivity index (χ4v) is 2.17. The maximum Gasteiger partial charge on any atom is 0.271 e. The van der Waals surface area contributed by atoms with Crippen LogP contribution in [0.25, 0.3) is 5.69 Å². The van der Waals surface area contributed by atoms with Crippen LogP contribution in [0.15, 0.2) is 71.5 Å². The minimum Gasteiger partial charge on any atom is -0.490 e. The quantitative estimate of drug-likeness (QED) is 0.655. The summed E-state index contributed by atoms with van der Waals surface area (Å²) in [6.45, 7) is 2.77. The van der Waals surface area contributed by atoms with E-state index in [1.54, 1.807) is 6.07 Å². The first-order valence-electron chi connectivity index (χ1n) is 7.70. The van der Waals surface area contributed by atoms with Crippen molar-refractivity contribution >= 4 is 0 Å². The third-order valence-corrected chi connectivity index (χ3v) is 3.40. The molecule has 3 aromatic rings. The Morgan fingerprint density at radius 1 is 0.875 bits per heavy atom. The molecule has 0 fully saturated rings. The Balaban J connectivity index is 1.60. The van der Waals surface area contributed by atoms with Gasteiger partial charge in [-0.2, -0.15) is 4.68 Å². The van der Waals surface area contributed by atoms with Crippen molar-refractivity contribution in [3.8, 4) is 17.3 Å². The summed E-state index contributed by atoms with van der Waals surface area (Å²) in [6, 6.07) is 20.1. The number of hydrogen-bond donors (Lipinski definition) is 0. The number of aromatic nitrogens is 2. The normalized spacial score (nSPS) is 10.4. The molecule has 0 saturated carbocycles. The number of nitrogens with zero attached hydrogens (tertiary/aromatic N) is 2. The molecule has 0 aliphatic rings. The Morgan fingerprint density at radius 2 is 1.58 bits per heavy atom. The van der Waals surface area contributed by atoms with Crippen molar-refractivity contribution in [2.24, 2.45) is 0 Å². The van der Waals surface area contributed by atoms with E-state index in [4.69, 9.17) is 9.47 Å². The second kappa shape index (κ2) is 7.46. The molecule has 122 valence electrons. The monoisotopic (exact) mass is 322 g/mol. The van der Waals surface area contributed by atoms with Crippen molar-refractivity contribution in [1.29, 1.82) is 0 Å². The van der Waals surface area contributed by atoms with Crippen LogP contribution in [0.5, 0.6) is 11.6 Å². The molecule has 1 heterocycles. The van der Waals surface area contributed by atoms with Crippen LogP contribution < -0.4 is 15.0 Å². The number of aryl methyl sites for hydroxylation is 1. The largest absolute Gasteiger partial charge is 0.490 e. The lowest BCUT2D eigenvalue weighted by Crippen LogP contribution is -2.21. The van der Waals surface area contributed by atoms with Gasteiger partial charge in [-0.05, 0) is 31.2 Å². The van der Waals surface area contributed by atoms with Gasteiger partial charge in [-0.1, -0.05) is 35.9 Å². The van der Waals surface area contributed by atoms with Gasteiger partial charge in [0.2, 0.25) is 5.88 Å². The Kier molecular flexibility index (Phi) is 4.91. The minimum absolute atomic E-state index is 0.204. The fourth-order valence-electron chi connectivity index (χ4n) is 2.17. The van der Waals surface area contributed by atoms with Gasteiger partial charge in [0, 0.05) is 12.1 Å². The van der Waals surface area contributed by atoms with Crippen molar-refractivity contribution < 1.29 is 9.47 Å². The van der Waals surface area contributed by atoms with Gasteiger partial charge in [0.1, 0.15) is 19.0 Å². The van der Waals surface area contributed by atoms with E-state index in [9.17, 15) is 4.79 Å². The zero-order chi connectivity index (χ0) is 16.8. The molecule has 0 radical (unpaired) electrons. The molecule has 24 heavy (non-hydrogen) atoms. The Labute approximate surface area is 140 Å². The molecule has 2 aromatic carbocycles. The molecule has 0 N–H and O–H groups in total. The lowest BCUT2D eigenvalue weighted by atomic mass is 10.2. The average Bonchev–Trinajstić information content (AvgIpc) is 2.62. The van der Waals surface area contributed by atoms with E-state index in [0.29, 0.717) is 24.8 Å². The van der Waals surface area contributed by atoms with Crippen molar-refractivity contribution in [2.45, 2.75) is 6.92 Å². The number of benzene rings is 2. The summed E-state index contributed by atoms with van der Waals surface area (Å²) in [5, 5.41) is 4.23. The van der Waals surface area contributed by atoms with Gasteiger partial charge < -0.3 is 9.47 Å². The van der Waals surface area contributed by atoms with E-state index < -0.39 is 0 Å². The number of ether oxygens (including phenoxy) is 2. The highest BCUT2D eigenvalue weighted by Crippen LogP contribution is 2.11. The molecule has 0 bridgehead atoms. The SMILES string of the molecule is Cc1ccc(OCCOc2ccc(=O)n(-c3ccccc3)n2)cc1. The minimum atomic E-state index is -0.204. The van der Waals surface area contributed by atoms with Crippen molar-refractivity contribution in [3.05, 3.63) is 82.6 Å². The van der Waals surface area contributed by atoms with Crippen LogP contribution in [0.4, 0.5) is 0 Å². The first-order chi connectivity index (χ1) is 11.7. The Hall–Kier alpha value is -3.08. The molecule has 0 aliphatic carbocycles. The molecular weight excluding hydrogens is 304 g/mol. The molecule has 0 unspecified atom stereocenters. The Bertz CT molecular complexity index is 842. The maximum atomic E-state index is 11.9. The molecule has 5 nitrogen and oxygen atoms in total. The number of para-hydroxylation sites is 1. The van der Waals surface area contributed by atoms with Crippen LogP contribution in [0.2, 0.25) is 0 Å². The van der Waals surface area contributed by atoms with E-state index in [1.165, 1.54) is 16.3 Å². The number of rotatable bonds is 6. The smallest absolute Gasteiger partial charge is 0.271 e. The van der Waals surface area contributed by atoms with E-state index in [0.717, 1.165) is 5.75 Å². The second-order valence-corrected chi connectivity index (χ2v) is 5.27. The van der Waals surface area contributed by atoms with Crippen LogP contribution >= 0.6 is 0 Å². The van der Waals surface area contributed by atoms with Crippen molar-refractivity contribution in [1.82, 2.24) is 9.78 Å². The van der Waals surface area contributed by atoms with Crippen LogP contribution in [0.3, 0.4) is 0 Å². The maximum absolute atomic E-state index is 11.9. The predicted molar refractivity (Wildman–Crippen MR) is 92.0 cm³/mol. The van der Waals surface area contributed by atoms with Crippen LogP contribution in [-0.2, 0) is 0 Å². The summed E-state index contributed by atoms with van der Waals surface area (Å²) in [6.07, 6.45) is 0. The summed E-state index contributed by atoms with van der Waals surface area (Å²) in [4.78, 5) is 11.9. The molecule has 0 amide bonds. The summed E-state index contributed by atoms with van der Waals surface area (Å²) in [7, 11) is 0. The third-order valence-electron chi connectivity index (χ3n) is 3.40. The van der Waals surface area contributed by atoms with Crippen molar-refractivity contribution in [3.63, 3.8) is 0 Å².